The molecule has 0 bridgehead atoms. The van der Waals surface area contributed by atoms with Crippen LogP contribution in [0, 0.1) is 0 Å². The van der Waals surface area contributed by atoms with E-state index in [-0.39, 0.29) is 6.61 Å². The number of hydrogen-bond donors (Lipinski definition) is 1. The number of carboxylic acids is 1. The molecule has 19 heavy (non-hydrogen) atoms. The van der Waals surface area contributed by atoms with Gasteiger partial charge in [-0.15, -0.1) is 0 Å². The third-order valence-electron chi connectivity index (χ3n) is 3.49. The van der Waals surface area contributed by atoms with Gasteiger partial charge in [0.25, 0.3) is 0 Å². The van der Waals surface area contributed by atoms with Gasteiger partial charge in [-0.2, -0.15) is 0 Å². The fourth-order valence-electron chi connectivity index (χ4n) is 2.82. The second-order valence-electron chi connectivity index (χ2n) is 5.96. The first-order valence-corrected chi connectivity index (χ1v) is 6.26. The van der Waals surface area contributed by atoms with Gasteiger partial charge >= 0.3 is 11.8 Å². The number of hydrogen-bond acceptors (Lipinski definition) is 6. The van der Waals surface area contributed by atoms with Crippen LogP contribution in [0.15, 0.2) is 0 Å². The van der Waals surface area contributed by atoms with Crippen molar-refractivity contribution < 1.29 is 33.6 Å². The van der Waals surface area contributed by atoms with Gasteiger partial charge < -0.3 is 28.8 Å². The Bertz CT molecular complexity index is 418. The molecule has 7 heteroatoms. The van der Waals surface area contributed by atoms with Gasteiger partial charge in [-0.05, 0) is 27.7 Å². The van der Waals surface area contributed by atoms with E-state index in [4.69, 9.17) is 23.7 Å². The van der Waals surface area contributed by atoms with Crippen molar-refractivity contribution in [3.8, 4) is 0 Å². The van der Waals surface area contributed by atoms with Crippen LogP contribution in [0.4, 0.5) is 0 Å². The molecule has 0 saturated carbocycles. The van der Waals surface area contributed by atoms with Crippen LogP contribution >= 0.6 is 0 Å². The molecule has 3 aliphatic rings. The van der Waals surface area contributed by atoms with Gasteiger partial charge in [-0.1, -0.05) is 0 Å². The molecule has 7 nitrogen and oxygen atoms in total. The first kappa shape index (κ1) is 13.3. The lowest BCUT2D eigenvalue weighted by Gasteiger charge is -2.38. The molecule has 0 amide bonds. The monoisotopic (exact) mass is 274 g/mol. The Balaban J connectivity index is 1.94. The summed E-state index contributed by atoms with van der Waals surface area (Å²) in [6.45, 7) is 7.09. The van der Waals surface area contributed by atoms with E-state index < -0.39 is 41.6 Å². The van der Waals surface area contributed by atoms with Crippen molar-refractivity contribution in [2.24, 2.45) is 0 Å². The van der Waals surface area contributed by atoms with Crippen molar-refractivity contribution in [2.45, 2.75) is 63.4 Å². The summed E-state index contributed by atoms with van der Waals surface area (Å²) in [7, 11) is 0. The minimum absolute atomic E-state index is 0.246. The molecule has 3 heterocycles. The molecule has 0 radical (unpaired) electrons. The summed E-state index contributed by atoms with van der Waals surface area (Å²) in [5.74, 6) is -4.85. The van der Waals surface area contributed by atoms with Crippen LogP contribution in [-0.4, -0.2) is 53.4 Å². The van der Waals surface area contributed by atoms with Crippen LogP contribution < -0.4 is 0 Å². The molecule has 3 rings (SSSR count). The maximum absolute atomic E-state index is 11.6. The molecule has 1 N–H and O–H groups in total. The van der Waals surface area contributed by atoms with Crippen LogP contribution in [0.2, 0.25) is 0 Å². The van der Waals surface area contributed by atoms with E-state index in [1.165, 1.54) is 0 Å². The van der Waals surface area contributed by atoms with Gasteiger partial charge in [0.15, 0.2) is 17.7 Å². The third kappa shape index (κ3) is 1.88. The maximum Gasteiger partial charge on any atom is 0.367 e. The van der Waals surface area contributed by atoms with Gasteiger partial charge in [-0.3, -0.25) is 0 Å². The zero-order valence-corrected chi connectivity index (χ0v) is 11.3. The van der Waals surface area contributed by atoms with Gasteiger partial charge in [0.05, 0.1) is 6.61 Å². The topological polar surface area (TPSA) is 83.5 Å². The summed E-state index contributed by atoms with van der Waals surface area (Å²) in [6, 6.07) is 0. The summed E-state index contributed by atoms with van der Waals surface area (Å²) in [5.41, 5.74) is 0. The van der Waals surface area contributed by atoms with Crippen molar-refractivity contribution >= 4 is 5.97 Å². The number of ether oxygens (including phenoxy) is 5. The number of carbonyl (C=O) groups is 1. The van der Waals surface area contributed by atoms with E-state index >= 15 is 0 Å². The van der Waals surface area contributed by atoms with Crippen molar-refractivity contribution in [1.82, 2.24) is 0 Å². The lowest BCUT2D eigenvalue weighted by Crippen LogP contribution is -2.52. The smallest absolute Gasteiger partial charge is 0.367 e. The second-order valence-corrected chi connectivity index (χ2v) is 5.96. The first-order chi connectivity index (χ1) is 8.65. The van der Waals surface area contributed by atoms with E-state index in [2.05, 4.69) is 0 Å². The molecular formula is C12H18O7. The predicted octanol–water partition coefficient (Wildman–Crippen LogP) is 0.469. The molecule has 4 atom stereocenters. The number of aliphatic carboxylic acids is 1. The van der Waals surface area contributed by atoms with Crippen LogP contribution in [-0.2, 0) is 28.5 Å². The first-order valence-electron chi connectivity index (χ1n) is 6.26. The second kappa shape index (κ2) is 3.67. The van der Waals surface area contributed by atoms with E-state index in [0.717, 1.165) is 0 Å². The SMILES string of the molecule is CC1(C)OC[C@@H]2O[C@]3(C(=O)O)OC(C)(C)O[C@@H]3[C@@H]2O1. The van der Waals surface area contributed by atoms with Crippen molar-refractivity contribution in [3.63, 3.8) is 0 Å². The van der Waals surface area contributed by atoms with Crippen LogP contribution in [0.25, 0.3) is 0 Å². The molecule has 0 spiro atoms. The van der Waals surface area contributed by atoms with Gasteiger partial charge in [-0.25, -0.2) is 4.79 Å². The Hall–Kier alpha value is -0.730. The maximum atomic E-state index is 11.6. The van der Waals surface area contributed by atoms with Crippen molar-refractivity contribution in [3.05, 3.63) is 0 Å². The lowest BCUT2D eigenvalue weighted by atomic mass is 10.0. The molecule has 3 fully saturated rings. The highest BCUT2D eigenvalue weighted by Gasteiger charge is 2.71. The molecular weight excluding hydrogens is 256 g/mol. The number of fused-ring (bicyclic) bond motifs is 3. The molecule has 0 unspecified atom stereocenters. The fourth-order valence-corrected chi connectivity index (χ4v) is 2.82. The molecule has 0 aromatic rings. The van der Waals surface area contributed by atoms with Gasteiger partial charge in [0.1, 0.15) is 12.2 Å². The standard InChI is InChI=1S/C12H18O7/c1-10(2)15-5-6-7(17-10)8-12(16-6,9(13)14)19-11(3,4)18-8/h6-8H,5H2,1-4H3,(H,13,14)/t6-,7+,8+,12-/m0/s1. The Kier molecular flexibility index (Phi) is 2.57. The summed E-state index contributed by atoms with van der Waals surface area (Å²) < 4.78 is 28.0. The third-order valence-corrected chi connectivity index (χ3v) is 3.49. The van der Waals surface area contributed by atoms with Crippen LogP contribution in [0.1, 0.15) is 27.7 Å². The van der Waals surface area contributed by atoms with Crippen molar-refractivity contribution in [2.75, 3.05) is 6.61 Å². The Morgan fingerprint density at radius 2 is 1.79 bits per heavy atom. The average Bonchev–Trinajstić information content (AvgIpc) is 2.67. The van der Waals surface area contributed by atoms with E-state index in [1.54, 1.807) is 27.7 Å². The lowest BCUT2D eigenvalue weighted by molar-refractivity contribution is -0.325. The average molecular weight is 274 g/mol. The molecule has 3 aliphatic heterocycles. The highest BCUT2D eigenvalue weighted by atomic mass is 16.9. The Morgan fingerprint density at radius 3 is 2.42 bits per heavy atom. The minimum Gasteiger partial charge on any atom is -0.477 e. The summed E-state index contributed by atoms with van der Waals surface area (Å²) >= 11 is 0. The molecule has 108 valence electrons. The van der Waals surface area contributed by atoms with Crippen LogP contribution in [0.3, 0.4) is 0 Å². The van der Waals surface area contributed by atoms with Crippen LogP contribution in [0.5, 0.6) is 0 Å². The number of carboxylic acid groups (broad SMARTS) is 1. The zero-order chi connectivity index (χ0) is 14.1. The minimum atomic E-state index is -1.82. The number of rotatable bonds is 1. The molecule has 0 aromatic carbocycles. The molecule has 0 aromatic heterocycles. The predicted molar refractivity (Wildman–Crippen MR) is 60.2 cm³/mol. The largest absolute Gasteiger partial charge is 0.477 e. The Labute approximate surface area is 110 Å². The van der Waals surface area contributed by atoms with E-state index in [9.17, 15) is 9.90 Å². The quantitative estimate of drug-likeness (QED) is 0.744. The highest BCUT2D eigenvalue weighted by Crippen LogP contribution is 2.48. The van der Waals surface area contributed by atoms with E-state index in [1.807, 2.05) is 0 Å². The van der Waals surface area contributed by atoms with Crippen molar-refractivity contribution in [1.29, 1.82) is 0 Å². The normalized spacial score (nSPS) is 46.6. The molecule has 3 saturated heterocycles. The van der Waals surface area contributed by atoms with Gasteiger partial charge in [0, 0.05) is 0 Å². The molecule has 0 aliphatic carbocycles. The van der Waals surface area contributed by atoms with Gasteiger partial charge in [0.2, 0.25) is 0 Å². The summed E-state index contributed by atoms with van der Waals surface area (Å²) in [6.07, 6.45) is -1.85. The Morgan fingerprint density at radius 1 is 1.11 bits per heavy atom. The highest BCUT2D eigenvalue weighted by molar-refractivity contribution is 5.77. The summed E-state index contributed by atoms with van der Waals surface area (Å²) in [5, 5.41) is 9.46. The zero-order valence-electron chi connectivity index (χ0n) is 11.3. The fraction of sp³-hybridized carbons (Fsp3) is 0.917. The summed E-state index contributed by atoms with van der Waals surface area (Å²) in [4.78, 5) is 11.6. The van der Waals surface area contributed by atoms with E-state index in [0.29, 0.717) is 0 Å².